The lowest BCUT2D eigenvalue weighted by atomic mass is 10.0. The fraction of sp³-hybridized carbons (Fsp3) is 0.316. The summed E-state index contributed by atoms with van der Waals surface area (Å²) in [5, 5.41) is 1.86. The fourth-order valence-corrected chi connectivity index (χ4v) is 4.28. The third-order valence-corrected chi connectivity index (χ3v) is 5.74. The van der Waals surface area contributed by atoms with E-state index in [1.807, 2.05) is 24.3 Å². The molecular formula is C19H19Cl3N4. The highest BCUT2D eigenvalue weighted by Gasteiger charge is 2.27. The van der Waals surface area contributed by atoms with E-state index < -0.39 is 0 Å². The van der Waals surface area contributed by atoms with Gasteiger partial charge in [-0.2, -0.15) is 0 Å². The van der Waals surface area contributed by atoms with Crippen LogP contribution in [0.15, 0.2) is 30.3 Å². The topological polar surface area (TPSA) is 47.1 Å². The Bertz CT molecular complexity index is 983. The Morgan fingerprint density at radius 1 is 1.12 bits per heavy atom. The van der Waals surface area contributed by atoms with Gasteiger partial charge in [0, 0.05) is 24.2 Å². The van der Waals surface area contributed by atoms with Crippen molar-refractivity contribution in [2.24, 2.45) is 5.73 Å². The molecule has 0 aliphatic carbocycles. The van der Waals surface area contributed by atoms with E-state index in [-0.39, 0.29) is 6.04 Å². The molecule has 7 heteroatoms. The number of fused-ring (bicyclic) bond motifs is 3. The van der Waals surface area contributed by atoms with Gasteiger partial charge in [-0.3, -0.25) is 0 Å². The zero-order valence-electron chi connectivity index (χ0n) is 14.3. The van der Waals surface area contributed by atoms with Gasteiger partial charge in [0.1, 0.15) is 5.52 Å². The monoisotopic (exact) mass is 408 g/mol. The molecule has 0 bridgehead atoms. The maximum absolute atomic E-state index is 6.46. The third kappa shape index (κ3) is 2.85. The predicted molar refractivity (Wildman–Crippen MR) is 110 cm³/mol. The smallest absolute Gasteiger partial charge is 0.211 e. The molecule has 1 aromatic heterocycles. The van der Waals surface area contributed by atoms with Crippen LogP contribution in [0.4, 0.5) is 11.6 Å². The quantitative estimate of drug-likeness (QED) is 0.581. The third-order valence-electron chi connectivity index (χ3n) is 4.90. The standard InChI is InChI=1S/C19H19Cl3N4/c1-2-15(23)12-5-6-13(21)17-18(12)26-9-3-8-25(19(26)24-17)16-7-4-11(20)10-14(16)22/h4-7,10,15H,2-3,8-9,23H2,1H3. The molecule has 0 fully saturated rings. The molecule has 26 heavy (non-hydrogen) atoms. The van der Waals surface area contributed by atoms with E-state index in [0.29, 0.717) is 15.1 Å². The normalized spacial score (nSPS) is 15.3. The second-order valence-electron chi connectivity index (χ2n) is 6.51. The predicted octanol–water partition coefficient (Wildman–Crippen LogP) is 5.95. The number of benzene rings is 2. The summed E-state index contributed by atoms with van der Waals surface area (Å²) in [5.74, 6) is 0.841. The van der Waals surface area contributed by atoms with Gasteiger partial charge in [0.2, 0.25) is 5.95 Å². The number of aryl methyl sites for hydroxylation is 1. The van der Waals surface area contributed by atoms with Crippen molar-refractivity contribution in [2.75, 3.05) is 11.4 Å². The molecule has 3 aromatic rings. The molecule has 0 saturated carbocycles. The van der Waals surface area contributed by atoms with Crippen LogP contribution in [0, 0.1) is 0 Å². The maximum Gasteiger partial charge on any atom is 0.211 e. The molecule has 0 spiro atoms. The van der Waals surface area contributed by atoms with Gasteiger partial charge in [-0.25, -0.2) is 4.98 Å². The first-order valence-corrected chi connectivity index (χ1v) is 9.81. The number of halogens is 3. The van der Waals surface area contributed by atoms with Crippen molar-refractivity contribution in [2.45, 2.75) is 32.4 Å². The van der Waals surface area contributed by atoms with Crippen LogP contribution in [0.2, 0.25) is 15.1 Å². The number of nitrogens with two attached hydrogens (primary N) is 1. The van der Waals surface area contributed by atoms with E-state index in [1.54, 1.807) is 6.07 Å². The summed E-state index contributed by atoms with van der Waals surface area (Å²) in [5.41, 5.74) is 10.1. The first kappa shape index (κ1) is 17.9. The lowest BCUT2D eigenvalue weighted by Gasteiger charge is -2.30. The summed E-state index contributed by atoms with van der Waals surface area (Å²) in [4.78, 5) is 6.99. The molecule has 2 aromatic carbocycles. The van der Waals surface area contributed by atoms with Crippen molar-refractivity contribution in [3.8, 4) is 0 Å². The molecule has 1 aliphatic rings. The summed E-state index contributed by atoms with van der Waals surface area (Å²) in [6.07, 6.45) is 1.83. The maximum atomic E-state index is 6.46. The van der Waals surface area contributed by atoms with E-state index in [4.69, 9.17) is 45.5 Å². The number of aromatic nitrogens is 2. The summed E-state index contributed by atoms with van der Waals surface area (Å²) >= 11 is 19.0. The summed E-state index contributed by atoms with van der Waals surface area (Å²) < 4.78 is 2.21. The molecule has 2 heterocycles. The van der Waals surface area contributed by atoms with Gasteiger partial charge in [0.15, 0.2) is 0 Å². The number of anilines is 2. The van der Waals surface area contributed by atoms with Crippen molar-refractivity contribution in [1.82, 2.24) is 9.55 Å². The van der Waals surface area contributed by atoms with Crippen molar-refractivity contribution >= 4 is 57.5 Å². The molecule has 4 nitrogen and oxygen atoms in total. The minimum atomic E-state index is -0.0509. The molecule has 0 radical (unpaired) electrons. The first-order valence-electron chi connectivity index (χ1n) is 8.68. The first-order chi connectivity index (χ1) is 12.5. The van der Waals surface area contributed by atoms with E-state index in [0.717, 1.165) is 54.2 Å². The van der Waals surface area contributed by atoms with Gasteiger partial charge in [0.25, 0.3) is 0 Å². The van der Waals surface area contributed by atoms with Crippen LogP contribution in [0.25, 0.3) is 11.0 Å². The molecular weight excluding hydrogens is 391 g/mol. The summed E-state index contributed by atoms with van der Waals surface area (Å²) in [6, 6.07) is 9.38. The van der Waals surface area contributed by atoms with Crippen LogP contribution in [-0.4, -0.2) is 16.1 Å². The Hall–Kier alpha value is -1.46. The van der Waals surface area contributed by atoms with Gasteiger partial charge in [0.05, 0.1) is 21.2 Å². The SMILES string of the molecule is CCC(N)c1ccc(Cl)c2nc3n(c12)CCCN3c1ccc(Cl)cc1Cl. The second-order valence-corrected chi connectivity index (χ2v) is 7.76. The number of nitrogens with zero attached hydrogens (tertiary/aromatic N) is 3. The molecule has 1 aliphatic heterocycles. The Balaban J connectivity index is 1.94. The van der Waals surface area contributed by atoms with E-state index >= 15 is 0 Å². The molecule has 1 atom stereocenters. The lowest BCUT2D eigenvalue weighted by molar-refractivity contribution is 0.599. The highest BCUT2D eigenvalue weighted by molar-refractivity contribution is 6.36. The zero-order valence-corrected chi connectivity index (χ0v) is 16.6. The van der Waals surface area contributed by atoms with Crippen LogP contribution in [0.3, 0.4) is 0 Å². The number of hydrogen-bond donors (Lipinski definition) is 1. The van der Waals surface area contributed by atoms with Crippen LogP contribution in [0.5, 0.6) is 0 Å². The van der Waals surface area contributed by atoms with Crippen molar-refractivity contribution < 1.29 is 0 Å². The second kappa shape index (κ2) is 6.93. The van der Waals surface area contributed by atoms with Gasteiger partial charge < -0.3 is 15.2 Å². The Morgan fingerprint density at radius 2 is 1.92 bits per heavy atom. The zero-order chi connectivity index (χ0) is 18.4. The minimum Gasteiger partial charge on any atom is -0.324 e. The van der Waals surface area contributed by atoms with Crippen molar-refractivity contribution in [1.29, 1.82) is 0 Å². The average molecular weight is 410 g/mol. The molecule has 136 valence electrons. The van der Waals surface area contributed by atoms with Crippen LogP contribution in [-0.2, 0) is 6.54 Å². The highest BCUT2D eigenvalue weighted by atomic mass is 35.5. The molecule has 2 N–H and O–H groups in total. The molecule has 0 saturated heterocycles. The molecule has 1 unspecified atom stereocenters. The van der Waals surface area contributed by atoms with Crippen molar-refractivity contribution in [3.05, 3.63) is 51.0 Å². The van der Waals surface area contributed by atoms with Gasteiger partial charge in [-0.05, 0) is 42.7 Å². The van der Waals surface area contributed by atoms with E-state index in [2.05, 4.69) is 16.4 Å². The Kier molecular flexibility index (Phi) is 4.78. The average Bonchev–Trinajstić information content (AvgIpc) is 3.02. The highest BCUT2D eigenvalue weighted by Crippen LogP contribution is 2.40. The number of hydrogen-bond acceptors (Lipinski definition) is 3. The van der Waals surface area contributed by atoms with Crippen LogP contribution >= 0.6 is 34.8 Å². The van der Waals surface area contributed by atoms with Gasteiger partial charge in [-0.1, -0.05) is 47.8 Å². The lowest BCUT2D eigenvalue weighted by Crippen LogP contribution is -2.28. The van der Waals surface area contributed by atoms with Gasteiger partial charge >= 0.3 is 0 Å². The minimum absolute atomic E-state index is 0.0509. The molecule has 0 amide bonds. The van der Waals surface area contributed by atoms with Gasteiger partial charge in [-0.15, -0.1) is 0 Å². The fourth-order valence-electron chi connectivity index (χ4n) is 3.57. The largest absolute Gasteiger partial charge is 0.324 e. The molecule has 4 rings (SSSR count). The number of rotatable bonds is 3. The van der Waals surface area contributed by atoms with Crippen molar-refractivity contribution in [3.63, 3.8) is 0 Å². The van der Waals surface area contributed by atoms with Crippen LogP contribution < -0.4 is 10.6 Å². The summed E-state index contributed by atoms with van der Waals surface area (Å²) in [7, 11) is 0. The Labute approximate surface area is 167 Å². The van der Waals surface area contributed by atoms with E-state index in [9.17, 15) is 0 Å². The number of imidazole rings is 1. The Morgan fingerprint density at radius 3 is 2.65 bits per heavy atom. The van der Waals surface area contributed by atoms with Crippen LogP contribution in [0.1, 0.15) is 31.4 Å². The van der Waals surface area contributed by atoms with E-state index in [1.165, 1.54) is 0 Å². The summed E-state index contributed by atoms with van der Waals surface area (Å²) in [6.45, 7) is 3.78.